The van der Waals surface area contributed by atoms with Crippen molar-refractivity contribution in [3.8, 4) is 0 Å². The quantitative estimate of drug-likeness (QED) is 0.224. The topological polar surface area (TPSA) is 0 Å². The molecule has 0 aliphatic heterocycles. The van der Waals surface area contributed by atoms with Crippen LogP contribution in [0.5, 0.6) is 0 Å². The molecule has 0 aromatic carbocycles. The predicted molar refractivity (Wildman–Crippen MR) is 60.6 cm³/mol. The van der Waals surface area contributed by atoms with Crippen LogP contribution in [0.1, 0.15) is 6.42 Å². The van der Waals surface area contributed by atoms with Gasteiger partial charge < -0.3 is 6.92 Å². The summed E-state index contributed by atoms with van der Waals surface area (Å²) in [7, 11) is 0. The molecular weight excluding hydrogens is 550 g/mol. The van der Waals surface area contributed by atoms with E-state index in [0.29, 0.717) is 0 Å². The molecule has 0 saturated carbocycles. The van der Waals surface area contributed by atoms with Crippen molar-refractivity contribution in [2.45, 2.75) is 65.9 Å². The maximum absolute atomic E-state index is 13.3. The van der Waals surface area contributed by atoms with Gasteiger partial charge in [0, 0.05) is 0 Å². The molecule has 0 bridgehead atoms. The van der Waals surface area contributed by atoms with Gasteiger partial charge in [-0.15, -0.1) is 6.42 Å². The van der Waals surface area contributed by atoms with Crippen LogP contribution in [0.15, 0.2) is 0 Å². The Balaban J connectivity index is 0. The van der Waals surface area contributed by atoms with Gasteiger partial charge >= 0.3 is 72.4 Å². The van der Waals surface area contributed by atoms with Crippen LogP contribution in [0.4, 0.5) is 92.2 Å². The number of hydrogen-bond donors (Lipinski definition) is 0. The Morgan fingerprint density at radius 3 is 0.676 bits per heavy atom. The molecule has 0 amide bonds. The minimum Gasteiger partial charge on any atom is -0.337 e. The second kappa shape index (κ2) is 8.61. The molecule has 0 radical (unpaired) electrons. The summed E-state index contributed by atoms with van der Waals surface area (Å²) in [5.74, 6) is -76.5. The van der Waals surface area contributed by atoms with Gasteiger partial charge in [-0.05, 0) is 0 Å². The first-order valence-electron chi connectivity index (χ1n) is 7.07. The van der Waals surface area contributed by atoms with Gasteiger partial charge in [-0.2, -0.15) is 83.4 Å². The van der Waals surface area contributed by atoms with E-state index in [1.165, 1.54) is 0 Å². The molecule has 0 spiro atoms. The van der Waals surface area contributed by atoms with Gasteiger partial charge in [0.25, 0.3) is 5.92 Å². The average Bonchev–Trinajstić information content (AvgIpc) is 2.59. The number of alkyl halides is 21. The summed E-state index contributed by atoms with van der Waals surface area (Å²) < 4.78 is 271. The van der Waals surface area contributed by atoms with E-state index in [2.05, 4.69) is 0 Å². The molecule has 0 aliphatic carbocycles. The first-order chi connectivity index (χ1) is 13.8. The maximum atomic E-state index is 13.3. The zero-order valence-electron chi connectivity index (χ0n) is 15.4. The van der Waals surface area contributed by atoms with E-state index in [1.54, 1.807) is 6.92 Å². The number of hydrogen-bond acceptors (Lipinski definition) is 0. The summed E-state index contributed by atoms with van der Waals surface area (Å²) in [5, 5.41) is 0. The van der Waals surface area contributed by atoms with Gasteiger partial charge in [0.1, 0.15) is 0 Å². The molecule has 0 nitrogen and oxygen atoms in total. The standard InChI is InChI=1S/C12H4F21.Li/c1-2-3(13,14)4(15,16)5(17,18)6(19,20)7(21,22)8(23,24)9(25,26)10(27,28)11(29,30)12(31,32)33;/h1-2H2;/q-1;+1. The Hall–Kier alpha value is -0.873. The summed E-state index contributed by atoms with van der Waals surface area (Å²) in [6.45, 7) is 1.80. The minimum absolute atomic E-state index is 0. The third kappa shape index (κ3) is 4.09. The Morgan fingerprint density at radius 2 is 0.500 bits per heavy atom. The largest absolute Gasteiger partial charge is 1.00 e. The smallest absolute Gasteiger partial charge is 0.337 e. The maximum Gasteiger partial charge on any atom is 1.00 e. The third-order valence-corrected chi connectivity index (χ3v) is 3.89. The predicted octanol–water partition coefficient (Wildman–Crippen LogP) is 4.49. The Labute approximate surface area is 185 Å². The molecule has 0 aromatic heterocycles. The van der Waals surface area contributed by atoms with Gasteiger partial charge in [0.2, 0.25) is 0 Å². The Bertz CT molecular complexity index is 716. The first kappa shape index (κ1) is 35.3. The van der Waals surface area contributed by atoms with Crippen molar-refractivity contribution in [2.75, 3.05) is 0 Å². The van der Waals surface area contributed by atoms with Crippen LogP contribution in [0, 0.1) is 6.92 Å². The molecule has 0 rings (SSSR count). The minimum atomic E-state index is -9.14. The van der Waals surface area contributed by atoms with Crippen LogP contribution in [-0.4, -0.2) is 59.5 Å². The van der Waals surface area contributed by atoms with Gasteiger partial charge in [-0.1, -0.05) is 0 Å². The van der Waals surface area contributed by atoms with E-state index >= 15 is 0 Å². The Morgan fingerprint density at radius 1 is 0.324 bits per heavy atom. The van der Waals surface area contributed by atoms with Crippen molar-refractivity contribution in [2.24, 2.45) is 0 Å². The SMILES string of the molecule is [CH2-]CC(F)(F)C(F)(F)C(F)(F)C(F)(F)C(F)(F)C(F)(F)C(F)(F)C(F)(F)C(F)(F)C(F)(F)F.[Li+]. The number of halogens is 21. The van der Waals surface area contributed by atoms with Crippen molar-refractivity contribution in [3.05, 3.63) is 6.92 Å². The van der Waals surface area contributed by atoms with E-state index in [4.69, 9.17) is 0 Å². The molecule has 0 aromatic rings. The first-order valence-corrected chi connectivity index (χ1v) is 7.07. The fraction of sp³-hybridized carbons (Fsp3) is 0.917. The van der Waals surface area contributed by atoms with Crippen molar-refractivity contribution in [1.82, 2.24) is 0 Å². The van der Waals surface area contributed by atoms with E-state index in [0.717, 1.165) is 0 Å². The van der Waals surface area contributed by atoms with E-state index in [1.807, 2.05) is 0 Å². The second-order valence-electron chi connectivity index (χ2n) is 6.05. The summed E-state index contributed by atoms with van der Waals surface area (Å²) in [6, 6.07) is 0. The third-order valence-electron chi connectivity index (χ3n) is 3.89. The van der Waals surface area contributed by atoms with E-state index in [9.17, 15) is 92.2 Å². The normalized spacial score (nSPS) is 16.4. The van der Waals surface area contributed by atoms with Crippen molar-refractivity contribution >= 4 is 0 Å². The molecule has 0 fully saturated rings. The van der Waals surface area contributed by atoms with E-state index < -0.39 is 65.9 Å². The molecule has 200 valence electrons. The summed E-state index contributed by atoms with van der Waals surface area (Å²) in [5.41, 5.74) is 0. The zero-order valence-corrected chi connectivity index (χ0v) is 15.4. The molecule has 0 N–H and O–H groups in total. The van der Waals surface area contributed by atoms with Crippen LogP contribution < -0.4 is 18.9 Å². The number of rotatable bonds is 9. The molecule has 0 aliphatic rings. The van der Waals surface area contributed by atoms with Crippen LogP contribution in [-0.2, 0) is 0 Å². The van der Waals surface area contributed by atoms with Crippen molar-refractivity contribution < 1.29 is 111 Å². The van der Waals surface area contributed by atoms with Crippen LogP contribution >= 0.6 is 0 Å². The molecule has 0 atom stereocenters. The van der Waals surface area contributed by atoms with E-state index in [-0.39, 0.29) is 18.9 Å². The van der Waals surface area contributed by atoms with Gasteiger partial charge in [-0.3, -0.25) is 0 Å². The molecule has 22 heteroatoms. The van der Waals surface area contributed by atoms with Crippen LogP contribution in [0.2, 0.25) is 0 Å². The molecule has 0 saturated heterocycles. The molecule has 0 unspecified atom stereocenters. The molecular formula is C12H4F21Li. The molecule has 34 heavy (non-hydrogen) atoms. The van der Waals surface area contributed by atoms with Crippen LogP contribution in [0.3, 0.4) is 0 Å². The average molecular weight is 554 g/mol. The van der Waals surface area contributed by atoms with Crippen LogP contribution in [0.25, 0.3) is 0 Å². The summed E-state index contributed by atoms with van der Waals surface area (Å²) in [6.07, 6.45) is -10.9. The summed E-state index contributed by atoms with van der Waals surface area (Å²) in [4.78, 5) is 0. The van der Waals surface area contributed by atoms with Crippen molar-refractivity contribution in [3.63, 3.8) is 0 Å². The fourth-order valence-corrected chi connectivity index (χ4v) is 1.75. The monoisotopic (exact) mass is 554 g/mol. The van der Waals surface area contributed by atoms with Gasteiger partial charge in [0.15, 0.2) is 0 Å². The second-order valence-corrected chi connectivity index (χ2v) is 6.05. The fourth-order valence-electron chi connectivity index (χ4n) is 1.75. The van der Waals surface area contributed by atoms with Crippen molar-refractivity contribution in [1.29, 1.82) is 0 Å². The Kier molecular flexibility index (Phi) is 8.94. The molecule has 0 heterocycles. The zero-order chi connectivity index (χ0) is 27.7. The van der Waals surface area contributed by atoms with Gasteiger partial charge in [0.05, 0.1) is 0 Å². The summed E-state index contributed by atoms with van der Waals surface area (Å²) >= 11 is 0. The van der Waals surface area contributed by atoms with Gasteiger partial charge in [-0.25, -0.2) is 8.78 Å².